The van der Waals surface area contributed by atoms with Crippen LogP contribution in [0.2, 0.25) is 0 Å². The molecule has 8 nitrogen and oxygen atoms in total. The highest BCUT2D eigenvalue weighted by Crippen LogP contribution is 1.84. The van der Waals surface area contributed by atoms with Gasteiger partial charge in [-0.25, -0.2) is 4.79 Å². The van der Waals surface area contributed by atoms with Gasteiger partial charge in [0, 0.05) is 19.7 Å². The summed E-state index contributed by atoms with van der Waals surface area (Å²) in [5.74, 6) is -0.683. The number of rotatable bonds is 3. The summed E-state index contributed by atoms with van der Waals surface area (Å²) in [6.45, 7) is 3.92. The molecule has 1 amide bonds. The number of carbonyl (C=O) groups excluding carboxylic acids is 1. The number of H-pyrrole nitrogens is 1. The molecule has 0 aromatic carbocycles. The lowest BCUT2D eigenvalue weighted by atomic mass is 10.4. The van der Waals surface area contributed by atoms with E-state index in [0.29, 0.717) is 6.54 Å². The number of hydrazine groups is 1. The molecule has 0 unspecified atom stereocenters. The zero-order chi connectivity index (χ0) is 14.4. The molecule has 0 radical (unpaired) electrons. The van der Waals surface area contributed by atoms with Gasteiger partial charge in [0.15, 0.2) is 5.11 Å². The molecule has 102 valence electrons. The van der Waals surface area contributed by atoms with Crippen LogP contribution in [0.1, 0.15) is 10.5 Å². The SMILES string of the molecule is C=CCNC(=S)NNC(=O)c1cc(=O)n(C)c(=O)[nH]1. The number of amides is 1. The van der Waals surface area contributed by atoms with Crippen LogP contribution in [0, 0.1) is 0 Å². The summed E-state index contributed by atoms with van der Waals surface area (Å²) < 4.78 is 0.848. The predicted octanol–water partition coefficient (Wildman–Crippen LogP) is -1.63. The van der Waals surface area contributed by atoms with Gasteiger partial charge in [0.1, 0.15) is 5.69 Å². The quantitative estimate of drug-likeness (QED) is 0.301. The smallest absolute Gasteiger partial charge is 0.328 e. The second-order valence-corrected chi connectivity index (χ2v) is 3.87. The average Bonchev–Trinajstić information content (AvgIpc) is 2.39. The Balaban J connectivity index is 2.69. The van der Waals surface area contributed by atoms with Crippen molar-refractivity contribution in [3.05, 3.63) is 45.3 Å². The minimum absolute atomic E-state index is 0.160. The Morgan fingerprint density at radius 3 is 2.79 bits per heavy atom. The summed E-state index contributed by atoms with van der Waals surface area (Å²) in [4.78, 5) is 36.5. The number of hydrogen-bond donors (Lipinski definition) is 4. The van der Waals surface area contributed by atoms with Gasteiger partial charge >= 0.3 is 5.69 Å². The Bertz CT molecular complexity index is 587. The molecule has 0 aliphatic heterocycles. The molecule has 19 heavy (non-hydrogen) atoms. The summed E-state index contributed by atoms with van der Waals surface area (Å²) in [5, 5.41) is 2.90. The fourth-order valence-electron chi connectivity index (χ4n) is 1.07. The Kier molecular flexibility index (Phi) is 5.01. The lowest BCUT2D eigenvalue weighted by molar-refractivity contribution is 0.0938. The molecular weight excluding hydrogens is 270 g/mol. The van der Waals surface area contributed by atoms with Crippen molar-refractivity contribution >= 4 is 23.2 Å². The molecule has 1 heterocycles. The fraction of sp³-hybridized carbons (Fsp3) is 0.200. The third-order valence-corrected chi connectivity index (χ3v) is 2.33. The third-order valence-electron chi connectivity index (χ3n) is 2.09. The van der Waals surface area contributed by atoms with E-state index >= 15 is 0 Å². The number of carbonyl (C=O) groups is 1. The maximum atomic E-state index is 11.6. The molecular formula is C10H13N5O3S. The minimum Gasteiger partial charge on any atom is -0.358 e. The predicted molar refractivity (Wildman–Crippen MR) is 73.7 cm³/mol. The van der Waals surface area contributed by atoms with Gasteiger partial charge in [-0.05, 0) is 12.2 Å². The Hall–Kier alpha value is -2.42. The van der Waals surface area contributed by atoms with E-state index in [4.69, 9.17) is 12.2 Å². The molecule has 0 bridgehead atoms. The van der Waals surface area contributed by atoms with Gasteiger partial charge in [-0.3, -0.25) is 25.0 Å². The number of aromatic amines is 1. The molecule has 0 atom stereocenters. The van der Waals surface area contributed by atoms with Crippen molar-refractivity contribution in [3.8, 4) is 0 Å². The first-order valence-electron chi connectivity index (χ1n) is 5.21. The fourth-order valence-corrected chi connectivity index (χ4v) is 1.20. The highest BCUT2D eigenvalue weighted by atomic mass is 32.1. The first-order valence-corrected chi connectivity index (χ1v) is 5.62. The normalized spacial score (nSPS) is 9.53. The zero-order valence-corrected chi connectivity index (χ0v) is 11.0. The topological polar surface area (TPSA) is 108 Å². The van der Waals surface area contributed by atoms with Crippen molar-refractivity contribution in [3.63, 3.8) is 0 Å². The van der Waals surface area contributed by atoms with Crippen molar-refractivity contribution in [1.82, 2.24) is 25.7 Å². The van der Waals surface area contributed by atoms with Gasteiger partial charge in [0.25, 0.3) is 11.5 Å². The second-order valence-electron chi connectivity index (χ2n) is 3.46. The van der Waals surface area contributed by atoms with E-state index in [9.17, 15) is 14.4 Å². The zero-order valence-electron chi connectivity index (χ0n) is 10.1. The van der Waals surface area contributed by atoms with Gasteiger partial charge in [-0.2, -0.15) is 0 Å². The molecule has 9 heteroatoms. The molecule has 1 aromatic rings. The van der Waals surface area contributed by atoms with E-state index in [1.807, 2.05) is 0 Å². The van der Waals surface area contributed by atoms with Crippen LogP contribution in [0.4, 0.5) is 0 Å². The molecule has 0 saturated heterocycles. The Morgan fingerprint density at radius 2 is 2.21 bits per heavy atom. The van der Waals surface area contributed by atoms with Gasteiger partial charge in [0.2, 0.25) is 0 Å². The van der Waals surface area contributed by atoms with E-state index in [2.05, 4.69) is 27.7 Å². The van der Waals surface area contributed by atoms with Crippen molar-refractivity contribution < 1.29 is 4.79 Å². The van der Waals surface area contributed by atoms with E-state index in [1.165, 1.54) is 7.05 Å². The average molecular weight is 283 g/mol. The van der Waals surface area contributed by atoms with Crippen LogP contribution in [0.15, 0.2) is 28.3 Å². The van der Waals surface area contributed by atoms with Crippen molar-refractivity contribution in [2.75, 3.05) is 6.54 Å². The largest absolute Gasteiger partial charge is 0.358 e. The first-order chi connectivity index (χ1) is 8.95. The van der Waals surface area contributed by atoms with Gasteiger partial charge in [-0.15, -0.1) is 6.58 Å². The van der Waals surface area contributed by atoms with Crippen LogP contribution in [0.25, 0.3) is 0 Å². The molecule has 1 rings (SSSR count). The van der Waals surface area contributed by atoms with E-state index < -0.39 is 17.2 Å². The number of nitrogens with zero attached hydrogens (tertiary/aromatic N) is 1. The number of thiocarbonyl (C=S) groups is 1. The molecule has 0 aliphatic rings. The molecule has 0 fully saturated rings. The van der Waals surface area contributed by atoms with Crippen LogP contribution >= 0.6 is 12.2 Å². The van der Waals surface area contributed by atoms with Gasteiger partial charge in [-0.1, -0.05) is 6.08 Å². The van der Waals surface area contributed by atoms with Crippen molar-refractivity contribution in [2.24, 2.45) is 7.05 Å². The highest BCUT2D eigenvalue weighted by molar-refractivity contribution is 7.80. The monoisotopic (exact) mass is 283 g/mol. The summed E-state index contributed by atoms with van der Waals surface area (Å²) in [6, 6.07) is 1.01. The molecule has 0 saturated carbocycles. The lowest BCUT2D eigenvalue weighted by Crippen LogP contribution is -2.47. The van der Waals surface area contributed by atoms with Crippen LogP contribution < -0.4 is 27.4 Å². The maximum absolute atomic E-state index is 11.6. The third kappa shape index (κ3) is 4.07. The van der Waals surface area contributed by atoms with E-state index in [0.717, 1.165) is 10.6 Å². The number of aromatic nitrogens is 2. The Morgan fingerprint density at radius 1 is 1.53 bits per heavy atom. The number of nitrogens with one attached hydrogen (secondary N) is 4. The summed E-state index contributed by atoms with van der Waals surface area (Å²) in [7, 11) is 1.30. The standard InChI is InChI=1S/C10H13N5O3S/c1-3-4-11-9(19)14-13-8(17)6-5-7(16)15(2)10(18)12-6/h3,5H,1,4H2,2H3,(H,12,18)(H,13,17)(H2,11,14,19). The van der Waals surface area contributed by atoms with Crippen molar-refractivity contribution in [1.29, 1.82) is 0 Å². The van der Waals surface area contributed by atoms with E-state index in [-0.39, 0.29) is 10.8 Å². The van der Waals surface area contributed by atoms with Crippen LogP contribution in [-0.2, 0) is 7.05 Å². The summed E-state index contributed by atoms with van der Waals surface area (Å²) in [5.41, 5.74) is 3.23. The molecule has 0 aliphatic carbocycles. The highest BCUT2D eigenvalue weighted by Gasteiger charge is 2.09. The van der Waals surface area contributed by atoms with Crippen molar-refractivity contribution in [2.45, 2.75) is 0 Å². The van der Waals surface area contributed by atoms with Gasteiger partial charge in [0.05, 0.1) is 0 Å². The van der Waals surface area contributed by atoms with E-state index in [1.54, 1.807) is 6.08 Å². The molecule has 0 spiro atoms. The van der Waals surface area contributed by atoms with Crippen LogP contribution in [0.5, 0.6) is 0 Å². The first kappa shape index (κ1) is 14.6. The molecule has 1 aromatic heterocycles. The minimum atomic E-state index is -0.683. The number of hydrogen-bond acceptors (Lipinski definition) is 4. The Labute approximate surface area is 113 Å². The summed E-state index contributed by atoms with van der Waals surface area (Å²) >= 11 is 4.84. The van der Waals surface area contributed by atoms with Crippen LogP contribution in [-0.4, -0.2) is 27.1 Å². The van der Waals surface area contributed by atoms with Gasteiger partial charge < -0.3 is 10.3 Å². The maximum Gasteiger partial charge on any atom is 0.328 e. The summed E-state index contributed by atoms with van der Waals surface area (Å²) in [6.07, 6.45) is 1.59. The lowest BCUT2D eigenvalue weighted by Gasteiger charge is -2.10. The molecule has 4 N–H and O–H groups in total. The van der Waals surface area contributed by atoms with Crippen LogP contribution in [0.3, 0.4) is 0 Å². The second kappa shape index (κ2) is 6.50.